The van der Waals surface area contributed by atoms with Gasteiger partial charge in [-0.2, -0.15) is 0 Å². The number of aromatic nitrogens is 1. The summed E-state index contributed by atoms with van der Waals surface area (Å²) in [4.78, 5) is 40.0. The van der Waals surface area contributed by atoms with Crippen LogP contribution in [0.3, 0.4) is 0 Å². The molecule has 0 unspecified atom stereocenters. The highest BCUT2D eigenvalue weighted by atomic mass is 32.1. The van der Waals surface area contributed by atoms with Crippen molar-refractivity contribution in [2.75, 3.05) is 18.5 Å². The van der Waals surface area contributed by atoms with E-state index in [0.29, 0.717) is 21.3 Å². The predicted molar refractivity (Wildman–Crippen MR) is 94.8 cm³/mol. The van der Waals surface area contributed by atoms with Gasteiger partial charge in [-0.05, 0) is 26.0 Å². The van der Waals surface area contributed by atoms with Crippen LogP contribution < -0.4 is 10.6 Å². The average molecular weight is 361 g/mol. The number of hydrogen-bond acceptors (Lipinski definition) is 6. The Balaban J connectivity index is 1.81. The zero-order valence-corrected chi connectivity index (χ0v) is 14.8. The fraction of sp³-hybridized carbons (Fsp3) is 0.294. The van der Waals surface area contributed by atoms with Gasteiger partial charge in [-0.3, -0.25) is 9.59 Å². The Hall–Kier alpha value is -2.74. The lowest BCUT2D eigenvalue weighted by Crippen LogP contribution is -2.27. The second-order valence-corrected chi connectivity index (χ2v) is 6.07. The van der Waals surface area contributed by atoms with Crippen LogP contribution in [0, 0.1) is 6.92 Å². The van der Waals surface area contributed by atoms with Gasteiger partial charge in [-0.1, -0.05) is 29.5 Å². The Bertz CT molecular complexity index is 759. The Morgan fingerprint density at radius 1 is 1.20 bits per heavy atom. The van der Waals surface area contributed by atoms with Crippen molar-refractivity contribution < 1.29 is 19.1 Å². The van der Waals surface area contributed by atoms with Crippen molar-refractivity contribution in [1.82, 2.24) is 10.3 Å². The summed E-state index contributed by atoms with van der Waals surface area (Å²) in [5.41, 5.74) is 1.05. The molecular weight excluding hydrogens is 342 g/mol. The molecule has 0 saturated heterocycles. The summed E-state index contributed by atoms with van der Waals surface area (Å²) >= 11 is 1.07. The molecule has 0 aliphatic carbocycles. The summed E-state index contributed by atoms with van der Waals surface area (Å²) in [6.45, 7) is 3.88. The molecule has 2 N–H and O–H groups in total. The SMILES string of the molecule is CCOC(=O)c1sc(NC(=O)CCNC(=O)c2ccccc2)nc1C. The largest absolute Gasteiger partial charge is 0.462 e. The standard InChI is InChI=1S/C17H19N3O4S/c1-3-24-16(23)14-11(2)19-17(25-14)20-13(21)9-10-18-15(22)12-7-5-4-6-8-12/h4-8H,3,9-10H2,1-2H3,(H,18,22)(H,19,20,21). The molecular formula is C17H19N3O4S. The minimum atomic E-state index is -0.451. The van der Waals surface area contributed by atoms with E-state index in [0.717, 1.165) is 11.3 Å². The van der Waals surface area contributed by atoms with Gasteiger partial charge >= 0.3 is 5.97 Å². The molecule has 0 atom stereocenters. The summed E-state index contributed by atoms with van der Waals surface area (Å²) in [5, 5.41) is 5.63. The third-order valence-electron chi connectivity index (χ3n) is 3.18. The van der Waals surface area contributed by atoms with Crippen LogP contribution >= 0.6 is 11.3 Å². The first-order chi connectivity index (χ1) is 12.0. The molecule has 7 nitrogen and oxygen atoms in total. The number of amides is 2. The highest BCUT2D eigenvalue weighted by molar-refractivity contribution is 7.17. The van der Waals surface area contributed by atoms with Gasteiger partial charge in [0, 0.05) is 18.5 Å². The number of hydrogen-bond donors (Lipinski definition) is 2. The first kappa shape index (κ1) is 18.6. The third-order valence-corrected chi connectivity index (χ3v) is 4.23. The van der Waals surface area contributed by atoms with Crippen molar-refractivity contribution in [3.05, 3.63) is 46.5 Å². The molecule has 0 saturated carbocycles. The molecule has 25 heavy (non-hydrogen) atoms. The van der Waals surface area contributed by atoms with Crippen LogP contribution in [0.4, 0.5) is 5.13 Å². The Morgan fingerprint density at radius 2 is 1.92 bits per heavy atom. The van der Waals surface area contributed by atoms with Crippen LogP contribution in [0.15, 0.2) is 30.3 Å². The summed E-state index contributed by atoms with van der Waals surface area (Å²) in [7, 11) is 0. The molecule has 132 valence electrons. The lowest BCUT2D eigenvalue weighted by Gasteiger charge is -2.05. The maximum atomic E-state index is 11.9. The number of nitrogens with one attached hydrogen (secondary N) is 2. The fourth-order valence-electron chi connectivity index (χ4n) is 2.00. The van der Waals surface area contributed by atoms with Crippen molar-refractivity contribution in [3.8, 4) is 0 Å². The number of benzene rings is 1. The quantitative estimate of drug-likeness (QED) is 0.738. The molecule has 0 radical (unpaired) electrons. The topological polar surface area (TPSA) is 97.4 Å². The van der Waals surface area contributed by atoms with Crippen LogP contribution in [0.5, 0.6) is 0 Å². The van der Waals surface area contributed by atoms with Crippen LogP contribution in [-0.4, -0.2) is 35.9 Å². The summed E-state index contributed by atoms with van der Waals surface area (Å²) < 4.78 is 4.93. The summed E-state index contributed by atoms with van der Waals surface area (Å²) in [6, 6.07) is 8.77. The predicted octanol–water partition coefficient (Wildman–Crippen LogP) is 2.39. The zero-order valence-electron chi connectivity index (χ0n) is 14.0. The normalized spacial score (nSPS) is 10.2. The smallest absolute Gasteiger partial charge is 0.350 e. The Morgan fingerprint density at radius 3 is 2.60 bits per heavy atom. The number of anilines is 1. The van der Waals surface area contributed by atoms with E-state index in [1.54, 1.807) is 38.1 Å². The third kappa shape index (κ3) is 5.39. The maximum Gasteiger partial charge on any atom is 0.350 e. The second kappa shape index (κ2) is 8.93. The van der Waals surface area contributed by atoms with Crippen molar-refractivity contribution in [1.29, 1.82) is 0 Å². The molecule has 0 fully saturated rings. The summed E-state index contributed by atoms with van der Waals surface area (Å²) in [6.07, 6.45) is 0.103. The number of esters is 1. The minimum absolute atomic E-state index is 0.103. The van der Waals surface area contributed by atoms with E-state index in [4.69, 9.17) is 4.74 Å². The van der Waals surface area contributed by atoms with E-state index in [-0.39, 0.29) is 31.4 Å². The van der Waals surface area contributed by atoms with Gasteiger partial charge in [-0.15, -0.1) is 0 Å². The minimum Gasteiger partial charge on any atom is -0.462 e. The molecule has 1 heterocycles. The van der Waals surface area contributed by atoms with Gasteiger partial charge < -0.3 is 15.4 Å². The first-order valence-corrected chi connectivity index (χ1v) is 8.60. The van der Waals surface area contributed by atoms with E-state index >= 15 is 0 Å². The van der Waals surface area contributed by atoms with E-state index < -0.39 is 5.97 Å². The van der Waals surface area contributed by atoms with Crippen molar-refractivity contribution in [2.45, 2.75) is 20.3 Å². The van der Waals surface area contributed by atoms with Gasteiger partial charge in [0.1, 0.15) is 4.88 Å². The van der Waals surface area contributed by atoms with Gasteiger partial charge in [0.25, 0.3) is 5.91 Å². The maximum absolute atomic E-state index is 11.9. The first-order valence-electron chi connectivity index (χ1n) is 7.79. The van der Waals surface area contributed by atoms with E-state index in [1.807, 2.05) is 6.07 Å². The van der Waals surface area contributed by atoms with E-state index in [2.05, 4.69) is 15.6 Å². The van der Waals surface area contributed by atoms with Crippen LogP contribution in [0.1, 0.15) is 39.1 Å². The van der Waals surface area contributed by atoms with Gasteiger partial charge in [-0.25, -0.2) is 9.78 Å². The number of aryl methyl sites for hydroxylation is 1. The fourth-order valence-corrected chi connectivity index (χ4v) is 2.88. The van der Waals surface area contributed by atoms with Gasteiger partial charge in [0.2, 0.25) is 5.91 Å². The zero-order chi connectivity index (χ0) is 18.2. The molecule has 1 aromatic carbocycles. The number of thiazole rings is 1. The van der Waals surface area contributed by atoms with Crippen molar-refractivity contribution in [2.24, 2.45) is 0 Å². The van der Waals surface area contributed by atoms with Crippen LogP contribution in [0.2, 0.25) is 0 Å². The molecule has 2 aromatic rings. The molecule has 0 bridgehead atoms. The average Bonchev–Trinajstić information content (AvgIpc) is 2.96. The number of ether oxygens (including phenoxy) is 1. The number of nitrogens with zero attached hydrogens (tertiary/aromatic N) is 1. The molecule has 0 spiro atoms. The highest BCUT2D eigenvalue weighted by Gasteiger charge is 2.17. The monoisotopic (exact) mass is 361 g/mol. The molecule has 2 rings (SSSR count). The van der Waals surface area contributed by atoms with E-state index in [1.165, 1.54) is 0 Å². The van der Waals surface area contributed by atoms with Gasteiger partial charge in [0.15, 0.2) is 5.13 Å². The number of carbonyl (C=O) groups excluding carboxylic acids is 3. The van der Waals surface area contributed by atoms with E-state index in [9.17, 15) is 14.4 Å². The molecule has 1 aromatic heterocycles. The van der Waals surface area contributed by atoms with Crippen molar-refractivity contribution in [3.63, 3.8) is 0 Å². The molecule has 2 amide bonds. The number of carbonyl (C=O) groups is 3. The molecule has 8 heteroatoms. The Kier molecular flexibility index (Phi) is 6.64. The molecule has 0 aliphatic heterocycles. The second-order valence-electron chi connectivity index (χ2n) is 5.07. The van der Waals surface area contributed by atoms with Crippen molar-refractivity contribution >= 4 is 34.3 Å². The van der Waals surface area contributed by atoms with Crippen LogP contribution in [-0.2, 0) is 9.53 Å². The van der Waals surface area contributed by atoms with Gasteiger partial charge in [0.05, 0.1) is 12.3 Å². The Labute approximate surface area is 149 Å². The lowest BCUT2D eigenvalue weighted by molar-refractivity contribution is -0.116. The lowest BCUT2D eigenvalue weighted by atomic mass is 10.2. The number of rotatable bonds is 7. The van der Waals surface area contributed by atoms with Crippen LogP contribution in [0.25, 0.3) is 0 Å². The highest BCUT2D eigenvalue weighted by Crippen LogP contribution is 2.23. The summed E-state index contributed by atoms with van der Waals surface area (Å²) in [5.74, 6) is -0.978. The molecule has 0 aliphatic rings.